The zero-order valence-corrected chi connectivity index (χ0v) is 16.3. The molecular weight excluding hydrogens is 407 g/mol. The fourth-order valence-electron chi connectivity index (χ4n) is 3.31. The molecule has 1 amide bonds. The van der Waals surface area contributed by atoms with Crippen LogP contribution in [0.15, 0.2) is 84.9 Å². The monoisotopic (exact) mass is 427 g/mol. The van der Waals surface area contributed by atoms with Gasteiger partial charge >= 0.3 is 12.1 Å². The van der Waals surface area contributed by atoms with Crippen molar-refractivity contribution in [2.45, 2.75) is 24.6 Å². The lowest BCUT2D eigenvalue weighted by molar-refractivity contribution is -0.142. The zero-order chi connectivity index (χ0) is 22.4. The number of hydrogen-bond donors (Lipinski definition) is 2. The second-order valence-corrected chi connectivity index (χ2v) is 7.05. The Bertz CT molecular complexity index is 980. The minimum absolute atomic E-state index is 0.143. The van der Waals surface area contributed by atoms with Crippen LogP contribution in [-0.2, 0) is 22.2 Å². The molecule has 0 radical (unpaired) electrons. The molecule has 0 aliphatic heterocycles. The molecular formula is C24H20F3NO3. The molecule has 0 aliphatic carbocycles. The number of rotatable bonds is 7. The molecule has 3 aromatic carbocycles. The fraction of sp³-hybridized carbons (Fsp3) is 0.167. The predicted molar refractivity (Wildman–Crippen MR) is 109 cm³/mol. The van der Waals surface area contributed by atoms with E-state index in [2.05, 4.69) is 5.32 Å². The van der Waals surface area contributed by atoms with Crippen molar-refractivity contribution in [2.75, 3.05) is 0 Å². The van der Waals surface area contributed by atoms with Gasteiger partial charge in [-0.3, -0.25) is 4.79 Å². The number of hydrogen-bond acceptors (Lipinski definition) is 2. The van der Waals surface area contributed by atoms with Crippen LogP contribution in [0.25, 0.3) is 0 Å². The molecule has 0 aliphatic rings. The highest BCUT2D eigenvalue weighted by Crippen LogP contribution is 2.29. The largest absolute Gasteiger partial charge is 0.480 e. The third-order valence-electron chi connectivity index (χ3n) is 4.86. The molecule has 1 atom stereocenters. The van der Waals surface area contributed by atoms with E-state index >= 15 is 0 Å². The summed E-state index contributed by atoms with van der Waals surface area (Å²) in [6.45, 7) is 0. The van der Waals surface area contributed by atoms with Crippen molar-refractivity contribution >= 4 is 11.9 Å². The Labute approximate surface area is 177 Å². The maximum absolute atomic E-state index is 13.1. The number of alkyl halides is 3. The van der Waals surface area contributed by atoms with Crippen LogP contribution < -0.4 is 5.32 Å². The highest BCUT2D eigenvalue weighted by Gasteiger charge is 2.31. The summed E-state index contributed by atoms with van der Waals surface area (Å²) in [6, 6.07) is 20.8. The van der Waals surface area contributed by atoms with Crippen LogP contribution in [0.2, 0.25) is 0 Å². The van der Waals surface area contributed by atoms with Crippen LogP contribution in [0.4, 0.5) is 13.2 Å². The lowest BCUT2D eigenvalue weighted by atomic mass is 9.90. The van der Waals surface area contributed by atoms with Gasteiger partial charge in [0.2, 0.25) is 5.91 Å². The molecule has 160 valence electrons. The Morgan fingerprint density at radius 3 is 1.71 bits per heavy atom. The van der Waals surface area contributed by atoms with Gasteiger partial charge in [-0.25, -0.2) is 4.79 Å². The van der Waals surface area contributed by atoms with E-state index < -0.39 is 35.6 Å². The standard InChI is InChI=1S/C24H20F3NO3/c25-24(26,27)19-13-11-16(12-14-19)15-20(23(30)31)28-22(29)21(17-7-3-1-4-8-17)18-9-5-2-6-10-18/h1-14,20-21H,15H2,(H,28,29)(H,30,31)/t20-/m1/s1. The Hall–Kier alpha value is -3.61. The second kappa shape index (κ2) is 9.47. The number of carboxylic acid groups (broad SMARTS) is 1. The molecule has 3 rings (SSSR count). The van der Waals surface area contributed by atoms with Crippen molar-refractivity contribution in [3.63, 3.8) is 0 Å². The van der Waals surface area contributed by atoms with Crippen molar-refractivity contribution in [1.82, 2.24) is 5.32 Å². The van der Waals surface area contributed by atoms with E-state index in [4.69, 9.17) is 0 Å². The topological polar surface area (TPSA) is 66.4 Å². The minimum Gasteiger partial charge on any atom is -0.480 e. The van der Waals surface area contributed by atoms with Gasteiger partial charge in [0.25, 0.3) is 0 Å². The van der Waals surface area contributed by atoms with Gasteiger partial charge < -0.3 is 10.4 Å². The summed E-state index contributed by atoms with van der Waals surface area (Å²) in [5.41, 5.74) is 0.951. The summed E-state index contributed by atoms with van der Waals surface area (Å²) in [5.74, 6) is -2.50. The van der Waals surface area contributed by atoms with Gasteiger partial charge in [-0.05, 0) is 28.8 Å². The number of halogens is 3. The summed E-state index contributed by atoms with van der Waals surface area (Å²) < 4.78 is 38.2. The van der Waals surface area contributed by atoms with Gasteiger partial charge in [0.05, 0.1) is 11.5 Å². The molecule has 0 unspecified atom stereocenters. The molecule has 0 saturated carbocycles. The number of carbonyl (C=O) groups excluding carboxylic acids is 1. The number of carboxylic acids is 1. The number of aliphatic carboxylic acids is 1. The average molecular weight is 427 g/mol. The molecule has 31 heavy (non-hydrogen) atoms. The molecule has 0 bridgehead atoms. The first-order valence-corrected chi connectivity index (χ1v) is 9.55. The first-order valence-electron chi connectivity index (χ1n) is 9.55. The first-order chi connectivity index (χ1) is 14.8. The maximum atomic E-state index is 13.1. The van der Waals surface area contributed by atoms with E-state index in [1.165, 1.54) is 12.1 Å². The van der Waals surface area contributed by atoms with E-state index in [9.17, 15) is 27.9 Å². The van der Waals surface area contributed by atoms with E-state index in [1.54, 1.807) is 48.5 Å². The van der Waals surface area contributed by atoms with Crippen LogP contribution in [-0.4, -0.2) is 23.0 Å². The minimum atomic E-state index is -4.47. The third kappa shape index (κ3) is 5.72. The molecule has 0 heterocycles. The van der Waals surface area contributed by atoms with E-state index in [-0.39, 0.29) is 6.42 Å². The van der Waals surface area contributed by atoms with Crippen LogP contribution >= 0.6 is 0 Å². The van der Waals surface area contributed by atoms with Crippen LogP contribution in [0.1, 0.15) is 28.2 Å². The third-order valence-corrected chi connectivity index (χ3v) is 4.86. The number of amides is 1. The number of nitrogens with one attached hydrogen (secondary N) is 1. The van der Waals surface area contributed by atoms with Crippen molar-refractivity contribution in [2.24, 2.45) is 0 Å². The lowest BCUT2D eigenvalue weighted by Gasteiger charge is -2.21. The summed E-state index contributed by atoms with van der Waals surface area (Å²) in [7, 11) is 0. The quantitative estimate of drug-likeness (QED) is 0.577. The van der Waals surface area contributed by atoms with Crippen molar-refractivity contribution in [3.05, 3.63) is 107 Å². The summed E-state index contributed by atoms with van der Waals surface area (Å²) >= 11 is 0. The summed E-state index contributed by atoms with van der Waals surface area (Å²) in [6.07, 6.45) is -4.62. The van der Waals surface area contributed by atoms with Crippen molar-refractivity contribution in [3.8, 4) is 0 Å². The molecule has 0 spiro atoms. The summed E-state index contributed by atoms with van der Waals surface area (Å²) in [5, 5.41) is 12.1. The maximum Gasteiger partial charge on any atom is 0.416 e. The van der Waals surface area contributed by atoms with E-state index in [0.29, 0.717) is 16.7 Å². The molecule has 7 heteroatoms. The molecule has 2 N–H and O–H groups in total. The van der Waals surface area contributed by atoms with Crippen molar-refractivity contribution < 1.29 is 27.9 Å². The molecule has 0 aromatic heterocycles. The van der Waals surface area contributed by atoms with Gasteiger partial charge in [-0.15, -0.1) is 0 Å². The number of carbonyl (C=O) groups is 2. The van der Waals surface area contributed by atoms with E-state index in [1.807, 2.05) is 12.1 Å². The second-order valence-electron chi connectivity index (χ2n) is 7.05. The SMILES string of the molecule is O=C(N[C@H](Cc1ccc(C(F)(F)F)cc1)C(=O)O)C(c1ccccc1)c1ccccc1. The normalized spacial score (nSPS) is 12.4. The highest BCUT2D eigenvalue weighted by atomic mass is 19.4. The van der Waals surface area contributed by atoms with Crippen LogP contribution in [0.3, 0.4) is 0 Å². The first kappa shape index (κ1) is 22.1. The lowest BCUT2D eigenvalue weighted by Crippen LogP contribution is -2.44. The smallest absolute Gasteiger partial charge is 0.416 e. The number of benzene rings is 3. The van der Waals surface area contributed by atoms with Gasteiger partial charge in [0, 0.05) is 6.42 Å². The molecule has 3 aromatic rings. The van der Waals surface area contributed by atoms with Crippen LogP contribution in [0, 0.1) is 0 Å². The Morgan fingerprint density at radius 2 is 1.29 bits per heavy atom. The van der Waals surface area contributed by atoms with Crippen molar-refractivity contribution in [1.29, 1.82) is 0 Å². The highest BCUT2D eigenvalue weighted by molar-refractivity contribution is 5.90. The predicted octanol–water partition coefficient (Wildman–Crippen LogP) is 4.65. The average Bonchev–Trinajstić information content (AvgIpc) is 2.75. The summed E-state index contributed by atoms with van der Waals surface area (Å²) in [4.78, 5) is 24.9. The van der Waals surface area contributed by atoms with Gasteiger partial charge in [0.1, 0.15) is 6.04 Å². The van der Waals surface area contributed by atoms with Crippen LogP contribution in [0.5, 0.6) is 0 Å². The van der Waals surface area contributed by atoms with Gasteiger partial charge in [-0.1, -0.05) is 72.8 Å². The van der Waals surface area contributed by atoms with E-state index in [0.717, 1.165) is 12.1 Å². The fourth-order valence-corrected chi connectivity index (χ4v) is 3.31. The molecule has 4 nitrogen and oxygen atoms in total. The Morgan fingerprint density at radius 1 is 0.806 bits per heavy atom. The Balaban J connectivity index is 1.82. The zero-order valence-electron chi connectivity index (χ0n) is 16.3. The molecule has 0 fully saturated rings. The Kier molecular flexibility index (Phi) is 6.74. The van der Waals surface area contributed by atoms with Gasteiger partial charge in [0.15, 0.2) is 0 Å². The molecule has 0 saturated heterocycles. The van der Waals surface area contributed by atoms with Gasteiger partial charge in [-0.2, -0.15) is 13.2 Å².